The van der Waals surface area contributed by atoms with Gasteiger partial charge in [-0.3, -0.25) is 4.79 Å². The predicted octanol–water partition coefficient (Wildman–Crippen LogP) is 2.71. The molecule has 0 aromatic heterocycles. The van der Waals surface area contributed by atoms with E-state index >= 15 is 0 Å². The SMILES string of the molecule is CN(CC(C)(C)O)C(=O)C1(c2ccc(Br)cc2)CC1. The molecule has 3 nitrogen and oxygen atoms in total. The van der Waals surface area contributed by atoms with Crippen molar-refractivity contribution in [2.45, 2.75) is 37.7 Å². The third-order valence-electron chi connectivity index (χ3n) is 3.53. The van der Waals surface area contributed by atoms with Gasteiger partial charge in [0.05, 0.1) is 11.0 Å². The van der Waals surface area contributed by atoms with Gasteiger partial charge in [0.1, 0.15) is 0 Å². The molecule has 4 heteroatoms. The number of hydrogen-bond acceptors (Lipinski definition) is 2. The van der Waals surface area contributed by atoms with Gasteiger partial charge in [-0.1, -0.05) is 28.1 Å². The first-order chi connectivity index (χ1) is 8.74. The van der Waals surface area contributed by atoms with Crippen LogP contribution in [0.25, 0.3) is 0 Å². The van der Waals surface area contributed by atoms with Crippen LogP contribution in [0, 0.1) is 0 Å². The molecule has 1 amide bonds. The minimum atomic E-state index is -0.861. The highest BCUT2D eigenvalue weighted by Gasteiger charge is 2.52. The Hall–Kier alpha value is -0.870. The van der Waals surface area contributed by atoms with Crippen LogP contribution in [0.4, 0.5) is 0 Å². The van der Waals surface area contributed by atoms with Crippen LogP contribution in [-0.2, 0) is 10.2 Å². The van der Waals surface area contributed by atoms with Crippen molar-refractivity contribution in [2.24, 2.45) is 0 Å². The van der Waals surface area contributed by atoms with Gasteiger partial charge in [0.25, 0.3) is 0 Å². The Kier molecular flexibility index (Phi) is 3.76. The molecule has 1 aromatic rings. The van der Waals surface area contributed by atoms with Crippen LogP contribution in [0.2, 0.25) is 0 Å². The lowest BCUT2D eigenvalue weighted by atomic mass is 9.94. The first-order valence-electron chi connectivity index (χ1n) is 6.49. The lowest BCUT2D eigenvalue weighted by Crippen LogP contribution is -2.44. The van der Waals surface area contributed by atoms with Crippen molar-refractivity contribution in [2.75, 3.05) is 13.6 Å². The third kappa shape index (κ3) is 3.18. The van der Waals surface area contributed by atoms with Gasteiger partial charge in [0.15, 0.2) is 0 Å². The van der Waals surface area contributed by atoms with Gasteiger partial charge < -0.3 is 10.0 Å². The topological polar surface area (TPSA) is 40.5 Å². The smallest absolute Gasteiger partial charge is 0.233 e. The summed E-state index contributed by atoms with van der Waals surface area (Å²) >= 11 is 3.41. The van der Waals surface area contributed by atoms with Crippen molar-refractivity contribution in [3.8, 4) is 0 Å². The molecule has 1 N–H and O–H groups in total. The molecular weight excluding hydrogens is 306 g/mol. The molecule has 0 atom stereocenters. The van der Waals surface area contributed by atoms with Crippen molar-refractivity contribution in [1.29, 1.82) is 0 Å². The molecule has 104 valence electrons. The van der Waals surface area contributed by atoms with Gasteiger partial charge in [-0.15, -0.1) is 0 Å². The molecule has 0 heterocycles. The second kappa shape index (κ2) is 4.91. The fraction of sp³-hybridized carbons (Fsp3) is 0.533. The number of carbonyl (C=O) groups excluding carboxylic acids is 1. The average molecular weight is 326 g/mol. The van der Waals surface area contributed by atoms with E-state index in [4.69, 9.17) is 0 Å². The van der Waals surface area contributed by atoms with E-state index in [2.05, 4.69) is 15.9 Å². The number of halogens is 1. The van der Waals surface area contributed by atoms with E-state index < -0.39 is 5.60 Å². The summed E-state index contributed by atoms with van der Waals surface area (Å²) in [5, 5.41) is 9.83. The second-order valence-electron chi connectivity index (χ2n) is 6.06. The monoisotopic (exact) mass is 325 g/mol. The minimum Gasteiger partial charge on any atom is -0.389 e. The third-order valence-corrected chi connectivity index (χ3v) is 4.06. The van der Waals surface area contributed by atoms with Crippen LogP contribution in [-0.4, -0.2) is 35.1 Å². The van der Waals surface area contributed by atoms with Crippen LogP contribution in [0.5, 0.6) is 0 Å². The standard InChI is InChI=1S/C15H20BrNO2/c1-14(2,19)10-17(3)13(18)15(8-9-15)11-4-6-12(16)7-5-11/h4-7,19H,8-10H2,1-3H3. The molecule has 19 heavy (non-hydrogen) atoms. The molecule has 0 spiro atoms. The summed E-state index contributed by atoms with van der Waals surface area (Å²) in [6.45, 7) is 3.79. The fourth-order valence-electron chi connectivity index (χ4n) is 2.54. The molecule has 1 aliphatic rings. The van der Waals surface area contributed by atoms with Crippen molar-refractivity contribution in [1.82, 2.24) is 4.90 Å². The number of carbonyl (C=O) groups is 1. The van der Waals surface area contributed by atoms with E-state index in [0.717, 1.165) is 22.9 Å². The summed E-state index contributed by atoms with van der Waals surface area (Å²) in [5.41, 5.74) is -0.149. The van der Waals surface area contributed by atoms with Crippen LogP contribution < -0.4 is 0 Å². The van der Waals surface area contributed by atoms with Crippen molar-refractivity contribution in [3.63, 3.8) is 0 Å². The Bertz CT molecular complexity index is 472. The van der Waals surface area contributed by atoms with E-state index in [-0.39, 0.29) is 11.3 Å². The molecule has 2 rings (SSSR count). The van der Waals surface area contributed by atoms with Gasteiger partial charge in [-0.2, -0.15) is 0 Å². The minimum absolute atomic E-state index is 0.108. The molecule has 0 radical (unpaired) electrons. The summed E-state index contributed by atoms with van der Waals surface area (Å²) in [6, 6.07) is 7.96. The van der Waals surface area contributed by atoms with Crippen molar-refractivity contribution >= 4 is 21.8 Å². The number of nitrogens with zero attached hydrogens (tertiary/aromatic N) is 1. The maximum atomic E-state index is 12.6. The molecule has 0 saturated heterocycles. The zero-order valence-electron chi connectivity index (χ0n) is 11.6. The molecule has 0 bridgehead atoms. The normalized spacial score (nSPS) is 17.1. The highest BCUT2D eigenvalue weighted by molar-refractivity contribution is 9.10. The molecule has 1 aliphatic carbocycles. The second-order valence-corrected chi connectivity index (χ2v) is 6.98. The summed E-state index contributed by atoms with van der Waals surface area (Å²) in [6.07, 6.45) is 1.79. The number of benzene rings is 1. The van der Waals surface area contributed by atoms with E-state index in [1.807, 2.05) is 24.3 Å². The highest BCUT2D eigenvalue weighted by atomic mass is 79.9. The van der Waals surface area contributed by atoms with E-state index in [1.54, 1.807) is 25.8 Å². The maximum Gasteiger partial charge on any atom is 0.233 e. The Morgan fingerprint density at radius 2 is 1.89 bits per heavy atom. The van der Waals surface area contributed by atoms with Gasteiger partial charge in [-0.25, -0.2) is 0 Å². The number of amides is 1. The lowest BCUT2D eigenvalue weighted by Gasteiger charge is -2.29. The molecular formula is C15H20BrNO2. The van der Waals surface area contributed by atoms with E-state index in [9.17, 15) is 9.90 Å². The van der Waals surface area contributed by atoms with Gasteiger partial charge in [0, 0.05) is 18.1 Å². The van der Waals surface area contributed by atoms with Crippen LogP contribution >= 0.6 is 15.9 Å². The Balaban J connectivity index is 2.16. The molecule has 1 aromatic carbocycles. The number of hydrogen-bond donors (Lipinski definition) is 1. The molecule has 0 unspecified atom stereocenters. The zero-order chi connectivity index (χ0) is 14.3. The van der Waals surface area contributed by atoms with Gasteiger partial charge >= 0.3 is 0 Å². The largest absolute Gasteiger partial charge is 0.389 e. The highest BCUT2D eigenvalue weighted by Crippen LogP contribution is 2.49. The van der Waals surface area contributed by atoms with Crippen LogP contribution in [0.1, 0.15) is 32.3 Å². The summed E-state index contributed by atoms with van der Waals surface area (Å²) in [7, 11) is 1.76. The van der Waals surface area contributed by atoms with E-state index in [1.165, 1.54) is 0 Å². The van der Waals surface area contributed by atoms with E-state index in [0.29, 0.717) is 6.54 Å². The predicted molar refractivity (Wildman–Crippen MR) is 79.0 cm³/mol. The zero-order valence-corrected chi connectivity index (χ0v) is 13.2. The summed E-state index contributed by atoms with van der Waals surface area (Å²) in [4.78, 5) is 14.2. The van der Waals surface area contributed by atoms with Crippen molar-refractivity contribution < 1.29 is 9.90 Å². The summed E-state index contributed by atoms with van der Waals surface area (Å²) < 4.78 is 1.02. The Labute approximate surface area is 122 Å². The first kappa shape index (κ1) is 14.5. The van der Waals surface area contributed by atoms with Crippen molar-refractivity contribution in [3.05, 3.63) is 34.3 Å². The van der Waals surface area contributed by atoms with Gasteiger partial charge in [-0.05, 0) is 44.4 Å². The Morgan fingerprint density at radius 1 is 1.37 bits per heavy atom. The summed E-state index contributed by atoms with van der Waals surface area (Å²) in [5.74, 6) is 0.108. The number of likely N-dealkylation sites (N-methyl/N-ethyl adjacent to an activating group) is 1. The maximum absolute atomic E-state index is 12.6. The molecule has 0 aliphatic heterocycles. The molecule has 1 fully saturated rings. The first-order valence-corrected chi connectivity index (χ1v) is 7.28. The lowest BCUT2D eigenvalue weighted by molar-refractivity contribution is -0.135. The van der Waals surface area contributed by atoms with Crippen LogP contribution in [0.3, 0.4) is 0 Å². The molecule has 1 saturated carbocycles. The number of aliphatic hydroxyl groups is 1. The average Bonchev–Trinajstić information content (AvgIpc) is 3.08. The fourth-order valence-corrected chi connectivity index (χ4v) is 2.80. The number of rotatable bonds is 4. The van der Waals surface area contributed by atoms with Crippen LogP contribution in [0.15, 0.2) is 28.7 Å². The van der Waals surface area contributed by atoms with Gasteiger partial charge in [0.2, 0.25) is 5.91 Å². The quantitative estimate of drug-likeness (QED) is 0.924. The Morgan fingerprint density at radius 3 is 2.32 bits per heavy atom.